The second-order valence-corrected chi connectivity index (χ2v) is 8.57. The summed E-state index contributed by atoms with van der Waals surface area (Å²) in [5, 5.41) is 0. The SMILES string of the molecule is CCCN(CCC)CCCc1ccc(C(=O)c2c(C(C)C)cc3ccccn23)cc1. The van der Waals surface area contributed by atoms with Crippen molar-refractivity contribution in [3.8, 4) is 0 Å². The van der Waals surface area contributed by atoms with Gasteiger partial charge in [-0.15, -0.1) is 0 Å². The highest BCUT2D eigenvalue weighted by Gasteiger charge is 2.20. The minimum atomic E-state index is 0.105. The van der Waals surface area contributed by atoms with Gasteiger partial charge in [0.1, 0.15) is 0 Å². The molecule has 160 valence electrons. The number of nitrogens with zero attached hydrogens (tertiary/aromatic N) is 2. The van der Waals surface area contributed by atoms with Crippen LogP contribution >= 0.6 is 0 Å². The van der Waals surface area contributed by atoms with E-state index in [9.17, 15) is 4.79 Å². The fraction of sp³-hybridized carbons (Fsp3) is 0.444. The van der Waals surface area contributed by atoms with Crippen molar-refractivity contribution in [2.45, 2.75) is 59.3 Å². The first kappa shape index (κ1) is 22.3. The van der Waals surface area contributed by atoms with E-state index >= 15 is 0 Å². The van der Waals surface area contributed by atoms with Crippen LogP contribution < -0.4 is 0 Å². The van der Waals surface area contributed by atoms with Gasteiger partial charge in [0.15, 0.2) is 0 Å². The Kier molecular flexibility index (Phi) is 7.87. The summed E-state index contributed by atoms with van der Waals surface area (Å²) in [7, 11) is 0. The molecule has 3 heteroatoms. The highest BCUT2D eigenvalue weighted by molar-refractivity contribution is 6.09. The molecule has 0 fully saturated rings. The number of aryl methyl sites for hydroxylation is 1. The maximum absolute atomic E-state index is 13.4. The van der Waals surface area contributed by atoms with Crippen molar-refractivity contribution < 1.29 is 4.79 Å². The van der Waals surface area contributed by atoms with Crippen molar-refractivity contribution in [2.75, 3.05) is 19.6 Å². The summed E-state index contributed by atoms with van der Waals surface area (Å²) in [5.74, 6) is 0.408. The Labute approximate surface area is 181 Å². The number of carbonyl (C=O) groups excluding carboxylic acids is 1. The quantitative estimate of drug-likeness (QED) is 0.348. The predicted molar refractivity (Wildman–Crippen MR) is 127 cm³/mol. The van der Waals surface area contributed by atoms with E-state index in [4.69, 9.17) is 0 Å². The van der Waals surface area contributed by atoms with E-state index in [1.54, 1.807) is 0 Å². The van der Waals surface area contributed by atoms with Gasteiger partial charge in [-0.25, -0.2) is 0 Å². The molecule has 0 aliphatic carbocycles. The standard InChI is InChI=1S/C27H36N2O/c1-5-16-28(17-6-2)18-9-10-22-12-14-23(15-13-22)27(30)26-25(21(3)4)20-24-11-7-8-19-29(24)26/h7-8,11-15,19-21H,5-6,9-10,16-18H2,1-4H3. The zero-order valence-electron chi connectivity index (χ0n) is 19.0. The van der Waals surface area contributed by atoms with Crippen LogP contribution in [0.15, 0.2) is 54.7 Å². The zero-order chi connectivity index (χ0) is 21.5. The lowest BCUT2D eigenvalue weighted by atomic mass is 9.97. The van der Waals surface area contributed by atoms with Crippen molar-refractivity contribution in [1.29, 1.82) is 0 Å². The summed E-state index contributed by atoms with van der Waals surface area (Å²) in [6.07, 6.45) is 6.63. The lowest BCUT2D eigenvalue weighted by Crippen LogP contribution is -2.26. The lowest BCUT2D eigenvalue weighted by Gasteiger charge is -2.20. The van der Waals surface area contributed by atoms with Gasteiger partial charge >= 0.3 is 0 Å². The van der Waals surface area contributed by atoms with Crippen LogP contribution in [0.5, 0.6) is 0 Å². The summed E-state index contributed by atoms with van der Waals surface area (Å²) < 4.78 is 2.03. The molecular weight excluding hydrogens is 368 g/mol. The second kappa shape index (κ2) is 10.6. The highest BCUT2D eigenvalue weighted by atomic mass is 16.1. The Morgan fingerprint density at radius 2 is 1.67 bits per heavy atom. The fourth-order valence-corrected chi connectivity index (χ4v) is 4.26. The molecule has 30 heavy (non-hydrogen) atoms. The molecule has 1 aromatic carbocycles. The summed E-state index contributed by atoms with van der Waals surface area (Å²) >= 11 is 0. The number of pyridine rings is 1. The van der Waals surface area contributed by atoms with Crippen LogP contribution in [0.2, 0.25) is 0 Å². The molecule has 0 radical (unpaired) electrons. The monoisotopic (exact) mass is 404 g/mol. The van der Waals surface area contributed by atoms with Gasteiger partial charge in [-0.2, -0.15) is 0 Å². The minimum absolute atomic E-state index is 0.105. The average molecular weight is 405 g/mol. The van der Waals surface area contributed by atoms with Crippen molar-refractivity contribution in [1.82, 2.24) is 9.30 Å². The van der Waals surface area contributed by atoms with Gasteiger partial charge in [0.05, 0.1) is 5.69 Å². The number of carbonyl (C=O) groups is 1. The highest BCUT2D eigenvalue weighted by Crippen LogP contribution is 2.26. The maximum atomic E-state index is 13.4. The van der Waals surface area contributed by atoms with Gasteiger partial charge < -0.3 is 9.30 Å². The molecule has 0 unspecified atom stereocenters. The molecule has 0 atom stereocenters. The molecule has 0 saturated carbocycles. The Morgan fingerprint density at radius 3 is 2.30 bits per heavy atom. The first-order chi connectivity index (χ1) is 14.5. The molecule has 3 aromatic rings. The number of hydrogen-bond donors (Lipinski definition) is 0. The smallest absolute Gasteiger partial charge is 0.210 e. The summed E-state index contributed by atoms with van der Waals surface area (Å²) in [6, 6.07) is 16.5. The van der Waals surface area contributed by atoms with Crippen LogP contribution in [-0.4, -0.2) is 34.7 Å². The van der Waals surface area contributed by atoms with Crippen molar-refractivity contribution >= 4 is 11.3 Å². The first-order valence-electron chi connectivity index (χ1n) is 11.5. The number of aromatic nitrogens is 1. The van der Waals surface area contributed by atoms with E-state index in [-0.39, 0.29) is 5.78 Å². The van der Waals surface area contributed by atoms with Crippen LogP contribution in [0.3, 0.4) is 0 Å². The molecule has 0 spiro atoms. The van der Waals surface area contributed by atoms with E-state index in [0.717, 1.165) is 41.7 Å². The molecule has 0 aliphatic heterocycles. The molecule has 0 amide bonds. The van der Waals surface area contributed by atoms with E-state index in [2.05, 4.69) is 56.9 Å². The Balaban J connectivity index is 1.72. The molecule has 3 rings (SSSR count). The molecule has 0 aliphatic rings. The van der Waals surface area contributed by atoms with Crippen LogP contribution in [0.25, 0.3) is 5.52 Å². The Bertz CT molecular complexity index is 947. The first-order valence-corrected chi connectivity index (χ1v) is 11.5. The van der Waals surface area contributed by atoms with Crippen LogP contribution in [0.1, 0.15) is 80.1 Å². The Hall–Kier alpha value is -2.39. The largest absolute Gasteiger partial charge is 0.313 e. The number of ketones is 1. The van der Waals surface area contributed by atoms with Crippen molar-refractivity contribution in [3.63, 3.8) is 0 Å². The van der Waals surface area contributed by atoms with E-state index in [1.807, 2.05) is 34.9 Å². The number of benzene rings is 1. The third kappa shape index (κ3) is 5.20. The minimum Gasteiger partial charge on any atom is -0.313 e. The topological polar surface area (TPSA) is 24.7 Å². The number of rotatable bonds is 11. The van der Waals surface area contributed by atoms with E-state index in [1.165, 1.54) is 31.5 Å². The van der Waals surface area contributed by atoms with Crippen molar-refractivity contribution in [2.24, 2.45) is 0 Å². The van der Waals surface area contributed by atoms with Gasteiger partial charge in [-0.1, -0.05) is 58.0 Å². The zero-order valence-corrected chi connectivity index (χ0v) is 19.0. The van der Waals surface area contributed by atoms with Crippen molar-refractivity contribution in [3.05, 3.63) is 77.1 Å². The van der Waals surface area contributed by atoms with Gasteiger partial charge in [0.2, 0.25) is 5.78 Å². The van der Waals surface area contributed by atoms with Crippen LogP contribution in [-0.2, 0) is 6.42 Å². The summed E-state index contributed by atoms with van der Waals surface area (Å²) in [5.41, 5.74) is 5.06. The van der Waals surface area contributed by atoms with Gasteiger partial charge in [0.25, 0.3) is 0 Å². The molecule has 0 bridgehead atoms. The Morgan fingerprint density at radius 1 is 0.967 bits per heavy atom. The number of fused-ring (bicyclic) bond motifs is 1. The number of hydrogen-bond acceptors (Lipinski definition) is 2. The summed E-state index contributed by atoms with van der Waals surface area (Å²) in [6.45, 7) is 12.3. The van der Waals surface area contributed by atoms with Crippen LogP contribution in [0, 0.1) is 0 Å². The van der Waals surface area contributed by atoms with E-state index in [0.29, 0.717) is 5.92 Å². The molecule has 3 nitrogen and oxygen atoms in total. The molecule has 0 saturated heterocycles. The molecular formula is C27H36N2O. The molecule has 2 heterocycles. The fourth-order valence-electron chi connectivity index (χ4n) is 4.26. The maximum Gasteiger partial charge on any atom is 0.210 e. The lowest BCUT2D eigenvalue weighted by molar-refractivity contribution is 0.103. The summed E-state index contributed by atoms with van der Waals surface area (Å²) in [4.78, 5) is 15.9. The average Bonchev–Trinajstić information content (AvgIpc) is 3.14. The normalized spacial score (nSPS) is 11.7. The third-order valence-electron chi connectivity index (χ3n) is 5.78. The van der Waals surface area contributed by atoms with E-state index < -0.39 is 0 Å². The van der Waals surface area contributed by atoms with Crippen LogP contribution in [0.4, 0.5) is 0 Å². The molecule has 0 N–H and O–H groups in total. The van der Waals surface area contributed by atoms with Gasteiger partial charge in [-0.3, -0.25) is 4.79 Å². The van der Waals surface area contributed by atoms with Gasteiger partial charge in [0, 0.05) is 17.3 Å². The third-order valence-corrected chi connectivity index (χ3v) is 5.78. The second-order valence-electron chi connectivity index (χ2n) is 8.57. The van der Waals surface area contributed by atoms with Gasteiger partial charge in [-0.05, 0) is 80.6 Å². The predicted octanol–water partition coefficient (Wildman–Crippen LogP) is 6.35. The molecule has 2 aromatic heterocycles.